The van der Waals surface area contributed by atoms with Crippen molar-refractivity contribution in [2.75, 3.05) is 18.6 Å². The van der Waals surface area contributed by atoms with Crippen LogP contribution in [0.2, 0.25) is 10.0 Å². The van der Waals surface area contributed by atoms with Crippen molar-refractivity contribution in [2.24, 2.45) is 5.73 Å². The summed E-state index contributed by atoms with van der Waals surface area (Å²) in [6.45, 7) is 4.42. The molecule has 3 N–H and O–H groups in total. The molecule has 1 rings (SSSR count). The van der Waals surface area contributed by atoms with Crippen molar-refractivity contribution in [3.8, 4) is 0 Å². The van der Waals surface area contributed by atoms with E-state index in [0.717, 1.165) is 11.3 Å². The van der Waals surface area contributed by atoms with Gasteiger partial charge in [-0.1, -0.05) is 43.1 Å². The number of thioether (sulfide) groups is 1. The van der Waals surface area contributed by atoms with Crippen molar-refractivity contribution in [2.45, 2.75) is 31.7 Å². The number of rotatable bonds is 7. The highest BCUT2D eigenvalue weighted by Gasteiger charge is 2.27. The van der Waals surface area contributed by atoms with Crippen LogP contribution in [-0.4, -0.2) is 30.5 Å². The molecular weight excluding hydrogens is 327 g/mol. The second-order valence-electron chi connectivity index (χ2n) is 5.59. The lowest BCUT2D eigenvalue weighted by Crippen LogP contribution is -2.45. The van der Waals surface area contributed by atoms with Crippen LogP contribution in [0.4, 0.5) is 0 Å². The largest absolute Gasteiger partial charge is 0.354 e. The molecule has 21 heavy (non-hydrogen) atoms. The zero-order valence-corrected chi connectivity index (χ0v) is 14.9. The molecule has 0 aromatic heterocycles. The van der Waals surface area contributed by atoms with Crippen molar-refractivity contribution in [3.63, 3.8) is 0 Å². The maximum Gasteiger partial charge on any atom is 0.236 e. The molecule has 1 atom stereocenters. The summed E-state index contributed by atoms with van der Waals surface area (Å²) in [7, 11) is 0. The molecule has 0 spiro atoms. The quantitative estimate of drug-likeness (QED) is 0.793. The summed E-state index contributed by atoms with van der Waals surface area (Å²) in [4.78, 5) is 12.0. The molecular formula is C15H22Cl2N2OS. The van der Waals surface area contributed by atoms with Gasteiger partial charge in [0.25, 0.3) is 0 Å². The lowest BCUT2D eigenvalue weighted by molar-refractivity contribution is -0.122. The number of benzene rings is 1. The lowest BCUT2D eigenvalue weighted by atomic mass is 9.84. The molecule has 3 nitrogen and oxygen atoms in total. The van der Waals surface area contributed by atoms with Gasteiger partial charge in [0.2, 0.25) is 5.91 Å². The topological polar surface area (TPSA) is 55.1 Å². The average Bonchev–Trinajstić information content (AvgIpc) is 2.41. The second-order valence-corrected chi connectivity index (χ2v) is 7.39. The van der Waals surface area contributed by atoms with Crippen molar-refractivity contribution in [1.82, 2.24) is 5.32 Å². The molecule has 0 heterocycles. The van der Waals surface area contributed by atoms with Crippen molar-refractivity contribution in [3.05, 3.63) is 33.8 Å². The van der Waals surface area contributed by atoms with E-state index < -0.39 is 6.04 Å². The van der Waals surface area contributed by atoms with Gasteiger partial charge >= 0.3 is 0 Å². The minimum Gasteiger partial charge on any atom is -0.354 e. The molecule has 1 aromatic carbocycles. The summed E-state index contributed by atoms with van der Waals surface area (Å²) in [6.07, 6.45) is 2.66. The summed E-state index contributed by atoms with van der Waals surface area (Å²) in [5.74, 6) is 0.731. The van der Waals surface area contributed by atoms with Gasteiger partial charge in [0, 0.05) is 22.0 Å². The van der Waals surface area contributed by atoms with Crippen molar-refractivity contribution < 1.29 is 4.79 Å². The number of carbonyl (C=O) groups is 1. The summed E-state index contributed by atoms with van der Waals surface area (Å²) >= 11 is 14.1. The minimum absolute atomic E-state index is 0.139. The van der Waals surface area contributed by atoms with Crippen molar-refractivity contribution in [1.29, 1.82) is 0 Å². The first-order valence-corrected chi connectivity index (χ1v) is 8.91. The highest BCUT2D eigenvalue weighted by molar-refractivity contribution is 7.98. The van der Waals surface area contributed by atoms with Gasteiger partial charge in [0.1, 0.15) is 0 Å². The van der Waals surface area contributed by atoms with E-state index in [1.807, 2.05) is 20.1 Å². The Bertz CT molecular complexity index is 474. The van der Waals surface area contributed by atoms with E-state index in [-0.39, 0.29) is 11.3 Å². The van der Waals surface area contributed by atoms with E-state index in [1.165, 1.54) is 0 Å². The fourth-order valence-corrected chi connectivity index (χ4v) is 3.45. The number of halogens is 2. The number of hydrogen-bond donors (Lipinski definition) is 2. The average molecular weight is 349 g/mol. The van der Waals surface area contributed by atoms with Gasteiger partial charge in [0.05, 0.1) is 6.04 Å². The predicted octanol–water partition coefficient (Wildman–Crippen LogP) is 3.47. The smallest absolute Gasteiger partial charge is 0.236 e. The number of nitrogens with one attached hydrogen (secondary N) is 1. The third kappa shape index (κ3) is 5.37. The van der Waals surface area contributed by atoms with Crippen LogP contribution < -0.4 is 11.1 Å². The summed E-state index contributed by atoms with van der Waals surface area (Å²) < 4.78 is 0. The van der Waals surface area contributed by atoms with Gasteiger partial charge < -0.3 is 11.1 Å². The van der Waals surface area contributed by atoms with Crippen molar-refractivity contribution >= 4 is 40.9 Å². The number of nitrogens with two attached hydrogens (primary N) is 1. The normalized spacial score (nSPS) is 13.0. The first-order valence-electron chi connectivity index (χ1n) is 6.76. The van der Waals surface area contributed by atoms with Crippen LogP contribution in [-0.2, 0) is 10.2 Å². The van der Waals surface area contributed by atoms with Crippen LogP contribution in [0.25, 0.3) is 0 Å². The Morgan fingerprint density at radius 3 is 2.48 bits per heavy atom. The monoisotopic (exact) mass is 348 g/mol. The molecule has 0 aliphatic carbocycles. The van der Waals surface area contributed by atoms with Crippen LogP contribution >= 0.6 is 35.0 Å². The molecule has 0 fully saturated rings. The fourth-order valence-electron chi connectivity index (χ4n) is 2.05. The SMILES string of the molecule is CSCC[C@H](N)C(=O)NCC(C)(C)c1c(Cl)cccc1Cl. The van der Waals surface area contributed by atoms with E-state index >= 15 is 0 Å². The molecule has 1 amide bonds. The first kappa shape index (κ1) is 18.6. The van der Waals surface area contributed by atoms with Gasteiger partial charge in [0.15, 0.2) is 0 Å². The maximum absolute atomic E-state index is 12.0. The third-order valence-electron chi connectivity index (χ3n) is 3.31. The molecule has 0 aliphatic heterocycles. The number of hydrogen-bond acceptors (Lipinski definition) is 3. The highest BCUT2D eigenvalue weighted by Crippen LogP contribution is 2.35. The summed E-state index contributed by atoms with van der Waals surface area (Å²) in [5.41, 5.74) is 6.32. The second kappa shape index (κ2) is 8.28. The van der Waals surface area contributed by atoms with Crippen LogP contribution in [0, 0.1) is 0 Å². The molecule has 1 aromatic rings. The standard InChI is InChI=1S/C15H22Cl2N2OS/c1-15(2,13-10(16)5-4-6-11(13)17)9-19-14(20)12(18)7-8-21-3/h4-6,12H,7-9,18H2,1-3H3,(H,19,20)/t12-/m0/s1. The Morgan fingerprint density at radius 2 is 1.95 bits per heavy atom. The zero-order valence-electron chi connectivity index (χ0n) is 12.6. The molecule has 0 saturated carbocycles. The van der Waals surface area contributed by atoms with Crippen LogP contribution in [0.1, 0.15) is 25.8 Å². The highest BCUT2D eigenvalue weighted by atomic mass is 35.5. The Hall–Kier alpha value is -0.420. The first-order chi connectivity index (χ1) is 9.79. The van der Waals surface area contributed by atoms with Crippen LogP contribution in [0.5, 0.6) is 0 Å². The van der Waals surface area contributed by atoms with E-state index in [0.29, 0.717) is 23.0 Å². The molecule has 0 aliphatic rings. The Labute approximate surface area is 140 Å². The zero-order chi connectivity index (χ0) is 16.0. The molecule has 0 unspecified atom stereocenters. The Morgan fingerprint density at radius 1 is 1.38 bits per heavy atom. The van der Waals surface area contributed by atoms with E-state index in [9.17, 15) is 4.79 Å². The Kier molecular flexibility index (Phi) is 7.34. The fraction of sp³-hybridized carbons (Fsp3) is 0.533. The van der Waals surface area contributed by atoms with Gasteiger partial charge in [-0.25, -0.2) is 0 Å². The molecule has 0 saturated heterocycles. The van der Waals surface area contributed by atoms with Crippen LogP contribution in [0.15, 0.2) is 18.2 Å². The molecule has 6 heteroatoms. The molecule has 118 valence electrons. The van der Waals surface area contributed by atoms with E-state index in [2.05, 4.69) is 5.32 Å². The lowest BCUT2D eigenvalue weighted by Gasteiger charge is -2.28. The summed E-state index contributed by atoms with van der Waals surface area (Å²) in [5, 5.41) is 4.10. The number of amides is 1. The van der Waals surface area contributed by atoms with Gasteiger partial charge in [-0.15, -0.1) is 0 Å². The van der Waals surface area contributed by atoms with Gasteiger partial charge in [-0.3, -0.25) is 4.79 Å². The van der Waals surface area contributed by atoms with E-state index in [1.54, 1.807) is 30.0 Å². The Balaban J connectivity index is 2.71. The number of carbonyl (C=O) groups excluding carboxylic acids is 1. The third-order valence-corrected chi connectivity index (χ3v) is 4.59. The van der Waals surface area contributed by atoms with Gasteiger partial charge in [-0.2, -0.15) is 11.8 Å². The minimum atomic E-state index is -0.477. The molecule has 0 radical (unpaired) electrons. The summed E-state index contributed by atoms with van der Waals surface area (Å²) in [6, 6.07) is 4.93. The van der Waals surface area contributed by atoms with E-state index in [4.69, 9.17) is 28.9 Å². The predicted molar refractivity (Wildman–Crippen MR) is 93.5 cm³/mol. The molecule has 0 bridgehead atoms. The maximum atomic E-state index is 12.0. The van der Waals surface area contributed by atoms with Gasteiger partial charge in [-0.05, 0) is 36.1 Å². The van der Waals surface area contributed by atoms with Crippen LogP contribution in [0.3, 0.4) is 0 Å².